The summed E-state index contributed by atoms with van der Waals surface area (Å²) < 4.78 is 0. The average molecular weight is 299 g/mol. The van der Waals surface area contributed by atoms with Crippen molar-refractivity contribution >= 4 is 11.6 Å². The fourth-order valence-corrected chi connectivity index (χ4v) is 2.12. The molecule has 1 aromatic rings. The molecule has 0 aromatic heterocycles. The molecule has 0 aliphatic carbocycles. The normalized spacial score (nSPS) is 11.2. The van der Waals surface area contributed by atoms with Gasteiger partial charge in [0.1, 0.15) is 11.6 Å². The van der Waals surface area contributed by atoms with E-state index in [4.69, 9.17) is 5.26 Å². The van der Waals surface area contributed by atoms with Crippen molar-refractivity contribution < 1.29 is 4.79 Å². The van der Waals surface area contributed by atoms with Gasteiger partial charge in [0.05, 0.1) is 0 Å². The Morgan fingerprint density at radius 3 is 2.73 bits per heavy atom. The van der Waals surface area contributed by atoms with E-state index >= 15 is 0 Å². The third-order valence-electron chi connectivity index (χ3n) is 3.45. The molecule has 0 aliphatic heterocycles. The highest BCUT2D eigenvalue weighted by Gasteiger charge is 2.14. The Bertz CT molecular complexity index is 582. The average Bonchev–Trinajstić information content (AvgIpc) is 2.49. The molecule has 1 amide bonds. The van der Waals surface area contributed by atoms with Crippen molar-refractivity contribution in [1.82, 2.24) is 5.32 Å². The van der Waals surface area contributed by atoms with Crippen molar-refractivity contribution in [3.05, 3.63) is 41.1 Å². The fraction of sp³-hybridized carbons (Fsp3) is 0.444. The van der Waals surface area contributed by atoms with Gasteiger partial charge in [-0.15, -0.1) is 0 Å². The summed E-state index contributed by atoms with van der Waals surface area (Å²) in [5.41, 5.74) is 2.96. The molecule has 0 bridgehead atoms. The number of carbonyl (C=O) groups excluding carboxylic acids is 1. The van der Waals surface area contributed by atoms with Crippen LogP contribution in [0.4, 0.5) is 5.69 Å². The van der Waals surface area contributed by atoms with Gasteiger partial charge in [0, 0.05) is 18.4 Å². The molecule has 0 radical (unpaired) electrons. The SMILES string of the molecule is CCCCN/C=C(/C#N)C(=O)Nc1c(C)cccc1C(C)C. The van der Waals surface area contributed by atoms with E-state index in [0.717, 1.165) is 36.2 Å². The molecule has 0 heterocycles. The highest BCUT2D eigenvalue weighted by atomic mass is 16.1. The van der Waals surface area contributed by atoms with Crippen LogP contribution < -0.4 is 10.6 Å². The molecular formula is C18H25N3O. The van der Waals surface area contributed by atoms with Crippen LogP contribution in [0.15, 0.2) is 30.0 Å². The maximum absolute atomic E-state index is 12.3. The predicted octanol–water partition coefficient (Wildman–Crippen LogP) is 3.85. The van der Waals surface area contributed by atoms with Gasteiger partial charge in [0.25, 0.3) is 5.91 Å². The number of anilines is 1. The first-order chi connectivity index (χ1) is 10.5. The van der Waals surface area contributed by atoms with Gasteiger partial charge in [0.2, 0.25) is 0 Å². The third kappa shape index (κ3) is 4.92. The fourth-order valence-electron chi connectivity index (χ4n) is 2.12. The molecule has 0 fully saturated rings. The summed E-state index contributed by atoms with van der Waals surface area (Å²) in [4.78, 5) is 12.3. The van der Waals surface area contributed by atoms with Crippen LogP contribution in [0.2, 0.25) is 0 Å². The molecule has 4 heteroatoms. The quantitative estimate of drug-likeness (QED) is 0.456. The van der Waals surface area contributed by atoms with Crippen molar-refractivity contribution in [2.45, 2.75) is 46.5 Å². The van der Waals surface area contributed by atoms with Gasteiger partial charge in [-0.3, -0.25) is 4.79 Å². The Kier molecular flexibility index (Phi) is 7.18. The molecule has 0 aliphatic rings. The van der Waals surface area contributed by atoms with Crippen molar-refractivity contribution in [2.75, 3.05) is 11.9 Å². The number of nitriles is 1. The minimum Gasteiger partial charge on any atom is -0.390 e. The molecule has 1 rings (SSSR count). The number of aryl methyl sites for hydroxylation is 1. The first kappa shape index (κ1) is 17.8. The smallest absolute Gasteiger partial charge is 0.267 e. The van der Waals surface area contributed by atoms with Gasteiger partial charge in [0.15, 0.2) is 0 Å². The maximum Gasteiger partial charge on any atom is 0.267 e. The Labute approximate surface area is 133 Å². The zero-order chi connectivity index (χ0) is 16.5. The number of para-hydroxylation sites is 1. The molecule has 118 valence electrons. The molecule has 0 unspecified atom stereocenters. The zero-order valence-corrected chi connectivity index (χ0v) is 13.9. The highest BCUT2D eigenvalue weighted by Crippen LogP contribution is 2.27. The van der Waals surface area contributed by atoms with Crippen LogP contribution in [0.3, 0.4) is 0 Å². The Morgan fingerprint density at radius 2 is 2.14 bits per heavy atom. The second-order valence-corrected chi connectivity index (χ2v) is 5.63. The highest BCUT2D eigenvalue weighted by molar-refractivity contribution is 6.07. The van der Waals surface area contributed by atoms with Crippen LogP contribution in [0.1, 0.15) is 50.7 Å². The van der Waals surface area contributed by atoms with E-state index in [0.29, 0.717) is 5.92 Å². The summed E-state index contributed by atoms with van der Waals surface area (Å²) in [5.74, 6) is -0.0740. The van der Waals surface area contributed by atoms with Gasteiger partial charge < -0.3 is 10.6 Å². The van der Waals surface area contributed by atoms with E-state index in [1.165, 1.54) is 6.20 Å². The topological polar surface area (TPSA) is 64.9 Å². The lowest BCUT2D eigenvalue weighted by Crippen LogP contribution is -2.18. The van der Waals surface area contributed by atoms with E-state index in [2.05, 4.69) is 31.4 Å². The summed E-state index contributed by atoms with van der Waals surface area (Å²) in [7, 11) is 0. The van der Waals surface area contributed by atoms with Gasteiger partial charge in [-0.2, -0.15) is 5.26 Å². The lowest BCUT2D eigenvalue weighted by atomic mass is 9.98. The summed E-state index contributed by atoms with van der Waals surface area (Å²) >= 11 is 0. The first-order valence-corrected chi connectivity index (χ1v) is 7.75. The Hall–Kier alpha value is -2.28. The molecule has 0 atom stereocenters. The van der Waals surface area contributed by atoms with Gasteiger partial charge in [-0.05, 0) is 30.4 Å². The summed E-state index contributed by atoms with van der Waals surface area (Å²) in [6.45, 7) is 8.97. The number of rotatable bonds is 7. The van der Waals surface area contributed by atoms with Crippen LogP contribution >= 0.6 is 0 Å². The lowest BCUT2D eigenvalue weighted by Gasteiger charge is -2.16. The molecular weight excluding hydrogens is 274 g/mol. The Morgan fingerprint density at radius 1 is 1.41 bits per heavy atom. The molecule has 22 heavy (non-hydrogen) atoms. The monoisotopic (exact) mass is 299 g/mol. The number of hydrogen-bond donors (Lipinski definition) is 2. The van der Waals surface area contributed by atoms with Crippen LogP contribution in [-0.2, 0) is 4.79 Å². The maximum atomic E-state index is 12.3. The third-order valence-corrected chi connectivity index (χ3v) is 3.45. The molecule has 0 spiro atoms. The second-order valence-electron chi connectivity index (χ2n) is 5.63. The predicted molar refractivity (Wildman–Crippen MR) is 90.5 cm³/mol. The second kappa shape index (κ2) is 8.89. The van der Waals surface area contributed by atoms with E-state index < -0.39 is 0 Å². The molecule has 2 N–H and O–H groups in total. The van der Waals surface area contributed by atoms with Crippen LogP contribution in [0, 0.1) is 18.3 Å². The number of hydrogen-bond acceptors (Lipinski definition) is 3. The van der Waals surface area contributed by atoms with E-state index in [9.17, 15) is 4.79 Å². The molecule has 0 saturated heterocycles. The van der Waals surface area contributed by atoms with Crippen LogP contribution in [-0.4, -0.2) is 12.5 Å². The number of amides is 1. The summed E-state index contributed by atoms with van der Waals surface area (Å²) in [6.07, 6.45) is 3.57. The number of nitrogens with zero attached hydrogens (tertiary/aromatic N) is 1. The molecule has 4 nitrogen and oxygen atoms in total. The van der Waals surface area contributed by atoms with E-state index in [-0.39, 0.29) is 11.5 Å². The van der Waals surface area contributed by atoms with Crippen molar-refractivity contribution in [1.29, 1.82) is 5.26 Å². The van der Waals surface area contributed by atoms with Crippen LogP contribution in [0.5, 0.6) is 0 Å². The largest absolute Gasteiger partial charge is 0.390 e. The number of carbonyl (C=O) groups is 1. The molecule has 0 saturated carbocycles. The minimum atomic E-state index is -0.373. The van der Waals surface area contributed by atoms with Crippen molar-refractivity contribution in [3.63, 3.8) is 0 Å². The number of nitrogens with one attached hydrogen (secondary N) is 2. The zero-order valence-electron chi connectivity index (χ0n) is 13.9. The standard InChI is InChI=1S/C18H25N3O/c1-5-6-10-20-12-15(11-19)18(22)21-17-14(4)8-7-9-16(17)13(2)3/h7-9,12-13,20H,5-6,10H2,1-4H3,(H,21,22)/b15-12-. The van der Waals surface area contributed by atoms with Gasteiger partial charge in [-0.25, -0.2) is 0 Å². The Balaban J connectivity index is 2.90. The summed E-state index contributed by atoms with van der Waals surface area (Å²) in [5, 5.41) is 15.1. The lowest BCUT2D eigenvalue weighted by molar-refractivity contribution is -0.112. The van der Waals surface area contributed by atoms with Crippen LogP contribution in [0.25, 0.3) is 0 Å². The number of benzene rings is 1. The van der Waals surface area contributed by atoms with E-state index in [1.54, 1.807) is 0 Å². The van der Waals surface area contributed by atoms with Gasteiger partial charge >= 0.3 is 0 Å². The van der Waals surface area contributed by atoms with E-state index in [1.807, 2.05) is 31.2 Å². The first-order valence-electron chi connectivity index (χ1n) is 7.75. The number of unbranched alkanes of at least 4 members (excludes halogenated alkanes) is 1. The minimum absolute atomic E-state index is 0.0917. The molecule has 1 aromatic carbocycles. The van der Waals surface area contributed by atoms with Gasteiger partial charge in [-0.1, -0.05) is 45.4 Å². The van der Waals surface area contributed by atoms with Crippen molar-refractivity contribution in [3.8, 4) is 6.07 Å². The summed E-state index contributed by atoms with van der Waals surface area (Å²) in [6, 6.07) is 7.89. The van der Waals surface area contributed by atoms with Crippen molar-refractivity contribution in [2.24, 2.45) is 0 Å².